The fourth-order valence-corrected chi connectivity index (χ4v) is 5.69. The Bertz CT molecular complexity index is 1270. The molecule has 0 aromatic heterocycles. The van der Waals surface area contributed by atoms with E-state index in [1.807, 2.05) is 12.1 Å². The number of hydrogen-bond donors (Lipinski definition) is 3. The molecule has 0 unspecified atom stereocenters. The van der Waals surface area contributed by atoms with Crippen molar-refractivity contribution in [3.8, 4) is 0 Å². The van der Waals surface area contributed by atoms with Gasteiger partial charge in [-0.1, -0.05) is 0 Å². The van der Waals surface area contributed by atoms with Crippen LogP contribution in [0.4, 0.5) is 15.8 Å². The zero-order valence-electron chi connectivity index (χ0n) is 22.3. The number of rotatable bonds is 7. The Morgan fingerprint density at radius 3 is 2.17 bits per heavy atom. The average molecular weight is 552 g/mol. The second-order valence-corrected chi connectivity index (χ2v) is 10.7. The molecule has 212 valence electrons. The van der Waals surface area contributed by atoms with Crippen molar-refractivity contribution in [2.24, 2.45) is 5.92 Å². The predicted octanol–water partition coefficient (Wildman–Crippen LogP) is 2.10. The van der Waals surface area contributed by atoms with Gasteiger partial charge >= 0.3 is 5.97 Å². The van der Waals surface area contributed by atoms with E-state index < -0.39 is 29.6 Å². The van der Waals surface area contributed by atoms with Gasteiger partial charge in [0.15, 0.2) is 0 Å². The number of piperazine rings is 1. The van der Waals surface area contributed by atoms with Crippen LogP contribution >= 0.6 is 0 Å². The van der Waals surface area contributed by atoms with Crippen LogP contribution in [0.3, 0.4) is 0 Å². The van der Waals surface area contributed by atoms with Gasteiger partial charge in [0, 0.05) is 63.6 Å². The SMILES string of the molecule is O=C1CC[C@@H](NC(=O)c2ccc(N3CCN(CC4CCN(c5ccc(C(=O)O)cc5)CC4)CC3)cc2F)C(=O)N1. The van der Waals surface area contributed by atoms with Gasteiger partial charge in [-0.25, -0.2) is 9.18 Å². The number of halogens is 1. The van der Waals surface area contributed by atoms with Crippen LogP contribution in [0, 0.1) is 11.7 Å². The number of carboxylic acid groups (broad SMARTS) is 1. The predicted molar refractivity (Wildman–Crippen MR) is 147 cm³/mol. The van der Waals surface area contributed by atoms with E-state index in [-0.39, 0.29) is 24.3 Å². The fourth-order valence-electron chi connectivity index (χ4n) is 5.69. The van der Waals surface area contributed by atoms with E-state index in [9.17, 15) is 23.6 Å². The molecule has 2 aromatic rings. The van der Waals surface area contributed by atoms with Crippen molar-refractivity contribution >= 4 is 35.1 Å². The lowest BCUT2D eigenvalue weighted by molar-refractivity contribution is -0.134. The van der Waals surface area contributed by atoms with Gasteiger partial charge in [-0.2, -0.15) is 0 Å². The Labute approximate surface area is 232 Å². The molecule has 2 aromatic carbocycles. The maximum absolute atomic E-state index is 14.9. The maximum atomic E-state index is 14.9. The number of amides is 3. The molecule has 3 saturated heterocycles. The Kier molecular flexibility index (Phi) is 8.29. The van der Waals surface area contributed by atoms with E-state index in [2.05, 4.69) is 25.3 Å². The fraction of sp³-hybridized carbons (Fsp3) is 0.448. The number of carbonyl (C=O) groups excluding carboxylic acids is 3. The van der Waals surface area contributed by atoms with Crippen molar-refractivity contribution in [2.45, 2.75) is 31.7 Å². The van der Waals surface area contributed by atoms with Gasteiger partial charge in [0.05, 0.1) is 11.1 Å². The quantitative estimate of drug-likeness (QED) is 0.448. The van der Waals surface area contributed by atoms with Gasteiger partial charge in [0.2, 0.25) is 11.8 Å². The molecular weight excluding hydrogens is 517 g/mol. The molecule has 5 rings (SSSR count). The highest BCUT2D eigenvalue weighted by molar-refractivity contribution is 6.03. The number of benzene rings is 2. The lowest BCUT2D eigenvalue weighted by atomic mass is 9.95. The van der Waals surface area contributed by atoms with E-state index in [1.165, 1.54) is 12.1 Å². The maximum Gasteiger partial charge on any atom is 0.335 e. The Morgan fingerprint density at radius 1 is 0.900 bits per heavy atom. The van der Waals surface area contributed by atoms with Crippen molar-refractivity contribution in [1.82, 2.24) is 15.5 Å². The molecule has 3 amide bonds. The van der Waals surface area contributed by atoms with E-state index in [4.69, 9.17) is 5.11 Å². The standard InChI is InChI=1S/C29H34FN5O5/c30-24-17-22(5-6-23(24)27(37)31-25-7-8-26(36)32-28(25)38)35-15-13-33(14-16-35)18-19-9-11-34(12-10-19)21-3-1-20(2-4-21)29(39)40/h1-6,17,19,25H,7-16,18H2,(H,31,37)(H,39,40)(H,32,36,38)/t25-/m1/s1. The summed E-state index contributed by atoms with van der Waals surface area (Å²) in [6.07, 6.45) is 2.48. The van der Waals surface area contributed by atoms with E-state index in [0.29, 0.717) is 11.5 Å². The van der Waals surface area contributed by atoms with Gasteiger partial charge in [-0.15, -0.1) is 0 Å². The van der Waals surface area contributed by atoms with Crippen molar-refractivity contribution in [2.75, 3.05) is 55.6 Å². The number of carboxylic acids is 1. The molecule has 0 bridgehead atoms. The number of piperidine rings is 2. The van der Waals surface area contributed by atoms with Crippen LogP contribution in [0.25, 0.3) is 0 Å². The lowest BCUT2D eigenvalue weighted by Crippen LogP contribution is -2.52. The Morgan fingerprint density at radius 2 is 1.55 bits per heavy atom. The van der Waals surface area contributed by atoms with E-state index >= 15 is 0 Å². The molecule has 0 saturated carbocycles. The molecular formula is C29H34FN5O5. The molecule has 1 atom stereocenters. The molecule has 3 aliphatic heterocycles. The Hall–Kier alpha value is -3.99. The summed E-state index contributed by atoms with van der Waals surface area (Å²) in [4.78, 5) is 53.7. The minimum absolute atomic E-state index is 0.128. The summed E-state index contributed by atoms with van der Waals surface area (Å²) in [6.45, 7) is 6.17. The third-order valence-corrected chi connectivity index (χ3v) is 8.09. The number of hydrogen-bond acceptors (Lipinski definition) is 7. The van der Waals surface area contributed by atoms with Crippen molar-refractivity contribution < 1.29 is 28.7 Å². The summed E-state index contributed by atoms with van der Waals surface area (Å²) >= 11 is 0. The minimum Gasteiger partial charge on any atom is -0.478 e. The highest BCUT2D eigenvalue weighted by atomic mass is 19.1. The minimum atomic E-state index is -0.915. The second-order valence-electron chi connectivity index (χ2n) is 10.7. The Balaban J connectivity index is 1.07. The average Bonchev–Trinajstić information content (AvgIpc) is 2.95. The van der Waals surface area contributed by atoms with E-state index in [0.717, 1.165) is 70.0 Å². The van der Waals surface area contributed by atoms with Crippen molar-refractivity contribution in [3.63, 3.8) is 0 Å². The molecule has 10 nitrogen and oxygen atoms in total. The first-order valence-electron chi connectivity index (χ1n) is 13.8. The van der Waals surface area contributed by atoms with Crippen LogP contribution in [0.1, 0.15) is 46.4 Å². The van der Waals surface area contributed by atoms with E-state index in [1.54, 1.807) is 18.2 Å². The summed E-state index contributed by atoms with van der Waals surface area (Å²) in [5, 5.41) is 13.8. The van der Waals surface area contributed by atoms with Crippen LogP contribution < -0.4 is 20.4 Å². The largest absolute Gasteiger partial charge is 0.478 e. The summed E-state index contributed by atoms with van der Waals surface area (Å²) < 4.78 is 14.9. The van der Waals surface area contributed by atoms with Crippen LogP contribution in [0.2, 0.25) is 0 Å². The molecule has 3 aliphatic rings. The molecule has 0 spiro atoms. The van der Waals surface area contributed by atoms with Crippen LogP contribution in [0.15, 0.2) is 42.5 Å². The zero-order valence-corrected chi connectivity index (χ0v) is 22.3. The van der Waals surface area contributed by atoms with Crippen LogP contribution in [0.5, 0.6) is 0 Å². The third kappa shape index (κ3) is 6.41. The highest BCUT2D eigenvalue weighted by Crippen LogP contribution is 2.26. The zero-order chi connectivity index (χ0) is 28.2. The first-order valence-corrected chi connectivity index (χ1v) is 13.8. The summed E-state index contributed by atoms with van der Waals surface area (Å²) in [7, 11) is 0. The van der Waals surface area contributed by atoms with Gasteiger partial charge in [-0.05, 0) is 67.6 Å². The summed E-state index contributed by atoms with van der Waals surface area (Å²) in [5.74, 6) is -2.58. The number of nitrogens with one attached hydrogen (secondary N) is 2. The second kappa shape index (κ2) is 12.0. The number of nitrogens with zero attached hydrogens (tertiary/aromatic N) is 3. The summed E-state index contributed by atoms with van der Waals surface area (Å²) in [5.41, 5.74) is 1.95. The monoisotopic (exact) mass is 551 g/mol. The van der Waals surface area contributed by atoms with Gasteiger partial charge in [0.1, 0.15) is 11.9 Å². The smallest absolute Gasteiger partial charge is 0.335 e. The molecule has 3 N–H and O–H groups in total. The highest BCUT2D eigenvalue weighted by Gasteiger charge is 2.29. The number of anilines is 2. The number of aromatic carboxylic acids is 1. The number of carbonyl (C=O) groups is 4. The molecule has 0 radical (unpaired) electrons. The van der Waals surface area contributed by atoms with Gasteiger partial charge in [-0.3, -0.25) is 24.6 Å². The molecule has 40 heavy (non-hydrogen) atoms. The van der Waals surface area contributed by atoms with Crippen molar-refractivity contribution in [1.29, 1.82) is 0 Å². The normalized spacial score (nSPS) is 20.8. The van der Waals surface area contributed by atoms with Gasteiger partial charge < -0.3 is 20.2 Å². The molecule has 3 fully saturated rings. The summed E-state index contributed by atoms with van der Waals surface area (Å²) in [6, 6.07) is 10.8. The topological polar surface area (TPSA) is 122 Å². The number of imide groups is 1. The first-order chi connectivity index (χ1) is 19.3. The van der Waals surface area contributed by atoms with Crippen molar-refractivity contribution in [3.05, 3.63) is 59.4 Å². The lowest BCUT2D eigenvalue weighted by Gasteiger charge is -2.40. The molecule has 11 heteroatoms. The van der Waals surface area contributed by atoms with Gasteiger partial charge in [0.25, 0.3) is 5.91 Å². The van der Waals surface area contributed by atoms with Crippen LogP contribution in [-0.2, 0) is 9.59 Å². The molecule has 3 heterocycles. The molecule has 0 aliphatic carbocycles. The first kappa shape index (κ1) is 27.6. The van der Waals surface area contributed by atoms with Crippen LogP contribution in [-0.4, -0.2) is 85.6 Å². The third-order valence-electron chi connectivity index (χ3n) is 8.09.